The van der Waals surface area contributed by atoms with Gasteiger partial charge in [-0.2, -0.15) is 0 Å². The normalized spacial score (nSPS) is 13.0. The van der Waals surface area contributed by atoms with Crippen LogP contribution in [0, 0.1) is 6.92 Å². The summed E-state index contributed by atoms with van der Waals surface area (Å²) in [6, 6.07) is 11.3. The molecule has 1 aromatic carbocycles. The number of anilines is 1. The van der Waals surface area contributed by atoms with Crippen LogP contribution in [0.5, 0.6) is 5.75 Å². The van der Waals surface area contributed by atoms with Gasteiger partial charge in [0.25, 0.3) is 11.8 Å². The monoisotopic (exact) mass is 394 g/mol. The Labute approximate surface area is 166 Å². The molecule has 1 aliphatic rings. The molecular weight excluding hydrogens is 376 g/mol. The summed E-state index contributed by atoms with van der Waals surface area (Å²) in [5.74, 6) is 0.287. The number of fused-ring (bicyclic) bond motifs is 1. The van der Waals surface area contributed by atoms with Crippen LogP contribution in [0.2, 0.25) is 0 Å². The van der Waals surface area contributed by atoms with Gasteiger partial charge in [-0.1, -0.05) is 12.1 Å². The molecule has 28 heavy (non-hydrogen) atoms. The van der Waals surface area contributed by atoms with E-state index in [4.69, 9.17) is 4.74 Å². The molecule has 0 unspecified atom stereocenters. The molecule has 0 saturated heterocycles. The third kappa shape index (κ3) is 3.86. The first-order valence-electron chi connectivity index (χ1n) is 8.76. The van der Waals surface area contributed by atoms with Crippen LogP contribution in [0.3, 0.4) is 0 Å². The SMILES string of the molecule is Cc1ccc2c(c1)OCC(=O)N2Cc1nc(C(=O)NCc2ccccn2)cs1. The van der Waals surface area contributed by atoms with E-state index in [1.165, 1.54) is 11.3 Å². The highest BCUT2D eigenvalue weighted by Crippen LogP contribution is 2.34. The van der Waals surface area contributed by atoms with Crippen molar-refractivity contribution in [1.82, 2.24) is 15.3 Å². The lowest BCUT2D eigenvalue weighted by atomic mass is 10.1. The van der Waals surface area contributed by atoms with Crippen molar-refractivity contribution in [3.63, 3.8) is 0 Å². The number of carbonyl (C=O) groups excluding carboxylic acids is 2. The second-order valence-electron chi connectivity index (χ2n) is 6.37. The number of aryl methyl sites for hydroxylation is 1. The van der Waals surface area contributed by atoms with Gasteiger partial charge in [0.15, 0.2) is 6.61 Å². The number of nitrogens with zero attached hydrogens (tertiary/aromatic N) is 3. The maximum atomic E-state index is 12.3. The summed E-state index contributed by atoms with van der Waals surface area (Å²) in [5.41, 5.74) is 2.89. The quantitative estimate of drug-likeness (QED) is 0.719. The number of carbonyl (C=O) groups is 2. The third-order valence-electron chi connectivity index (χ3n) is 4.29. The second-order valence-corrected chi connectivity index (χ2v) is 7.31. The van der Waals surface area contributed by atoms with Crippen molar-refractivity contribution in [2.75, 3.05) is 11.5 Å². The molecule has 1 N–H and O–H groups in total. The van der Waals surface area contributed by atoms with Crippen LogP contribution in [-0.2, 0) is 17.9 Å². The highest BCUT2D eigenvalue weighted by atomic mass is 32.1. The topological polar surface area (TPSA) is 84.4 Å². The summed E-state index contributed by atoms with van der Waals surface area (Å²) < 4.78 is 5.52. The predicted octanol–water partition coefficient (Wildman–Crippen LogP) is 2.70. The molecule has 2 aromatic heterocycles. The minimum absolute atomic E-state index is 0.000747. The van der Waals surface area contributed by atoms with Crippen molar-refractivity contribution in [3.8, 4) is 5.75 Å². The first kappa shape index (κ1) is 18.1. The number of hydrogen-bond acceptors (Lipinski definition) is 6. The van der Waals surface area contributed by atoms with E-state index in [1.54, 1.807) is 16.5 Å². The van der Waals surface area contributed by atoms with Crippen molar-refractivity contribution < 1.29 is 14.3 Å². The van der Waals surface area contributed by atoms with Gasteiger partial charge in [0, 0.05) is 11.6 Å². The minimum Gasteiger partial charge on any atom is -0.482 e. The Morgan fingerprint density at radius 1 is 1.32 bits per heavy atom. The van der Waals surface area contributed by atoms with Gasteiger partial charge in [-0.25, -0.2) is 4.98 Å². The van der Waals surface area contributed by atoms with E-state index >= 15 is 0 Å². The van der Waals surface area contributed by atoms with E-state index in [0.717, 1.165) is 16.9 Å². The number of pyridine rings is 1. The highest BCUT2D eigenvalue weighted by molar-refractivity contribution is 7.09. The number of thiazole rings is 1. The predicted molar refractivity (Wildman–Crippen MR) is 105 cm³/mol. The number of hydrogen-bond donors (Lipinski definition) is 1. The summed E-state index contributed by atoms with van der Waals surface area (Å²) in [4.78, 5) is 34.9. The molecule has 0 aliphatic carbocycles. The summed E-state index contributed by atoms with van der Waals surface area (Å²) in [5, 5.41) is 5.19. The van der Waals surface area contributed by atoms with Crippen LogP contribution in [0.25, 0.3) is 0 Å². The molecule has 3 aromatic rings. The number of ether oxygens (including phenoxy) is 1. The molecule has 3 heterocycles. The first-order chi connectivity index (χ1) is 13.6. The molecule has 2 amide bonds. The summed E-state index contributed by atoms with van der Waals surface area (Å²) in [6.07, 6.45) is 1.68. The fourth-order valence-electron chi connectivity index (χ4n) is 2.87. The summed E-state index contributed by atoms with van der Waals surface area (Å²) in [7, 11) is 0. The van der Waals surface area contributed by atoms with E-state index in [1.807, 2.05) is 43.3 Å². The molecule has 0 spiro atoms. The third-order valence-corrected chi connectivity index (χ3v) is 5.13. The largest absolute Gasteiger partial charge is 0.482 e. The maximum Gasteiger partial charge on any atom is 0.271 e. The van der Waals surface area contributed by atoms with E-state index < -0.39 is 0 Å². The van der Waals surface area contributed by atoms with Gasteiger partial charge in [0.2, 0.25) is 0 Å². The van der Waals surface area contributed by atoms with Crippen molar-refractivity contribution in [1.29, 1.82) is 0 Å². The molecule has 0 atom stereocenters. The van der Waals surface area contributed by atoms with Crippen LogP contribution >= 0.6 is 11.3 Å². The van der Waals surface area contributed by atoms with Gasteiger partial charge < -0.3 is 10.1 Å². The number of rotatable bonds is 5. The molecule has 0 radical (unpaired) electrons. The Morgan fingerprint density at radius 3 is 3.04 bits per heavy atom. The number of aromatic nitrogens is 2. The Bertz CT molecular complexity index is 1020. The highest BCUT2D eigenvalue weighted by Gasteiger charge is 2.26. The van der Waals surface area contributed by atoms with E-state index in [0.29, 0.717) is 29.5 Å². The van der Waals surface area contributed by atoms with Crippen LogP contribution in [-0.4, -0.2) is 28.4 Å². The van der Waals surface area contributed by atoms with Crippen molar-refractivity contribution >= 4 is 28.8 Å². The first-order valence-corrected chi connectivity index (χ1v) is 9.64. The molecule has 0 saturated carbocycles. The average Bonchev–Trinajstić information content (AvgIpc) is 3.18. The Kier molecular flexibility index (Phi) is 5.03. The molecule has 4 rings (SSSR count). The van der Waals surface area contributed by atoms with Gasteiger partial charge >= 0.3 is 0 Å². The fourth-order valence-corrected chi connectivity index (χ4v) is 3.63. The number of nitrogens with one attached hydrogen (secondary N) is 1. The van der Waals surface area contributed by atoms with Crippen molar-refractivity contribution in [3.05, 3.63) is 69.9 Å². The van der Waals surface area contributed by atoms with Gasteiger partial charge in [-0.05, 0) is 36.8 Å². The minimum atomic E-state index is -0.266. The lowest BCUT2D eigenvalue weighted by Gasteiger charge is -2.28. The molecule has 1 aliphatic heterocycles. The molecule has 7 nitrogen and oxygen atoms in total. The van der Waals surface area contributed by atoms with Crippen molar-refractivity contribution in [2.45, 2.75) is 20.0 Å². The molecule has 142 valence electrons. The Hall–Kier alpha value is -3.26. The van der Waals surface area contributed by atoms with E-state index in [9.17, 15) is 9.59 Å². The maximum absolute atomic E-state index is 12.3. The Balaban J connectivity index is 1.45. The molecule has 0 bridgehead atoms. The zero-order valence-corrected chi connectivity index (χ0v) is 16.0. The molecular formula is C20H18N4O3S. The molecule has 0 fully saturated rings. The number of benzene rings is 1. The zero-order valence-electron chi connectivity index (χ0n) is 15.2. The van der Waals surface area contributed by atoms with E-state index in [-0.39, 0.29) is 18.4 Å². The van der Waals surface area contributed by atoms with Gasteiger partial charge in [0.1, 0.15) is 16.5 Å². The van der Waals surface area contributed by atoms with Gasteiger partial charge in [-0.15, -0.1) is 11.3 Å². The van der Waals surface area contributed by atoms with Gasteiger partial charge in [0.05, 0.1) is 24.5 Å². The van der Waals surface area contributed by atoms with Crippen LogP contribution in [0.15, 0.2) is 48.0 Å². The van der Waals surface area contributed by atoms with Crippen LogP contribution in [0.1, 0.15) is 26.8 Å². The standard InChI is InChI=1S/C20H18N4O3S/c1-13-5-6-16-17(8-13)27-11-19(25)24(16)10-18-23-15(12-28-18)20(26)22-9-14-4-2-3-7-21-14/h2-8,12H,9-11H2,1H3,(H,22,26). The van der Waals surface area contributed by atoms with Crippen molar-refractivity contribution in [2.24, 2.45) is 0 Å². The smallest absolute Gasteiger partial charge is 0.271 e. The summed E-state index contributed by atoms with van der Waals surface area (Å²) >= 11 is 1.35. The zero-order chi connectivity index (χ0) is 19.5. The Morgan fingerprint density at radius 2 is 2.21 bits per heavy atom. The lowest BCUT2D eigenvalue weighted by molar-refractivity contribution is -0.121. The second kappa shape index (κ2) is 7.77. The summed E-state index contributed by atoms with van der Waals surface area (Å²) in [6.45, 7) is 2.61. The average molecular weight is 394 g/mol. The number of amides is 2. The van der Waals surface area contributed by atoms with Crippen LogP contribution in [0.4, 0.5) is 5.69 Å². The fraction of sp³-hybridized carbons (Fsp3) is 0.200. The van der Waals surface area contributed by atoms with E-state index in [2.05, 4.69) is 15.3 Å². The molecule has 8 heteroatoms. The van der Waals surface area contributed by atoms with Gasteiger partial charge in [-0.3, -0.25) is 19.5 Å². The lowest BCUT2D eigenvalue weighted by Crippen LogP contribution is -2.38. The van der Waals surface area contributed by atoms with Crippen LogP contribution < -0.4 is 15.0 Å².